The van der Waals surface area contributed by atoms with Crippen molar-refractivity contribution < 1.29 is 35.0 Å². The molecule has 0 N–H and O–H groups in total. The molecule has 3 aromatic heterocycles. The van der Waals surface area contributed by atoms with Crippen molar-refractivity contribution in [3.8, 4) is 23.1 Å². The number of anilines is 3. The Labute approximate surface area is 209 Å². The zero-order valence-electron chi connectivity index (χ0n) is 17.3. The van der Waals surface area contributed by atoms with Crippen molar-refractivity contribution >= 4 is 38.9 Å². The van der Waals surface area contributed by atoms with Gasteiger partial charge in [0.15, 0.2) is 5.88 Å². The zero-order valence-corrected chi connectivity index (χ0v) is 20.4. The molecule has 0 unspecified atom stereocenters. The molecule has 6 rings (SSSR count). The van der Waals surface area contributed by atoms with Crippen LogP contribution in [0.5, 0.6) is 23.1 Å². The summed E-state index contributed by atoms with van der Waals surface area (Å²) in [4.78, 5) is 8.20. The van der Waals surface area contributed by atoms with Crippen LogP contribution in [-0.4, -0.2) is 12.0 Å². The second-order valence-corrected chi connectivity index (χ2v) is 8.03. The molecular weight excluding hydrogens is 617 g/mol. The van der Waals surface area contributed by atoms with E-state index in [0.29, 0.717) is 23.1 Å². The number of thiophene rings is 1. The molecule has 0 aliphatic carbocycles. The van der Waals surface area contributed by atoms with E-state index in [0.717, 1.165) is 27.5 Å². The summed E-state index contributed by atoms with van der Waals surface area (Å²) >= 11 is 1.67. The van der Waals surface area contributed by atoms with E-state index in [1.807, 2.05) is 72.5 Å². The molecule has 0 saturated heterocycles. The van der Waals surface area contributed by atoms with Crippen LogP contribution in [0.15, 0.2) is 76.7 Å². The van der Waals surface area contributed by atoms with Gasteiger partial charge in [0.1, 0.15) is 5.58 Å². The molecule has 168 valence electrons. The molecule has 8 heteroatoms. The molecule has 0 amide bonds. The van der Waals surface area contributed by atoms with Gasteiger partial charge in [-0.1, -0.05) is 17.8 Å². The predicted octanol–water partition coefficient (Wildman–Crippen LogP) is 6.78. The quantitative estimate of drug-likeness (QED) is 0.199. The SMILES string of the molecule is CN1[CH-]N(c2[c-]c(Oc3[c-]c(Oc4ccccn4)ccc3)ccc2)c2oc3ccsc3c21.[Pt]. The Balaban J connectivity index is 0.00000228. The molecule has 5 aromatic rings. The molecule has 1 aliphatic heterocycles. The fourth-order valence-corrected chi connectivity index (χ4v) is 4.45. The first kappa shape index (κ1) is 21.6. The van der Waals surface area contributed by atoms with E-state index in [4.69, 9.17) is 13.9 Å². The van der Waals surface area contributed by atoms with Crippen LogP contribution in [-0.2, 0) is 21.1 Å². The van der Waals surface area contributed by atoms with Gasteiger partial charge in [-0.15, -0.1) is 48.3 Å². The van der Waals surface area contributed by atoms with Crippen molar-refractivity contribution in [3.63, 3.8) is 0 Å². The van der Waals surface area contributed by atoms with Crippen LogP contribution in [0.2, 0.25) is 0 Å². The number of pyridine rings is 1. The molecule has 0 fully saturated rings. The van der Waals surface area contributed by atoms with Crippen LogP contribution < -0.4 is 19.3 Å². The number of fused-ring (bicyclic) bond motifs is 3. The Morgan fingerprint density at radius 1 is 0.939 bits per heavy atom. The van der Waals surface area contributed by atoms with E-state index in [2.05, 4.69) is 22.0 Å². The predicted molar refractivity (Wildman–Crippen MR) is 124 cm³/mol. The summed E-state index contributed by atoms with van der Waals surface area (Å²) < 4.78 is 19.0. The fraction of sp³-hybridized carbons (Fsp3) is 0.0400. The van der Waals surface area contributed by atoms with E-state index < -0.39 is 0 Å². The van der Waals surface area contributed by atoms with Gasteiger partial charge < -0.3 is 23.7 Å². The van der Waals surface area contributed by atoms with Crippen LogP contribution in [0, 0.1) is 18.8 Å². The van der Waals surface area contributed by atoms with Gasteiger partial charge in [-0.05, 0) is 24.6 Å². The molecule has 4 heterocycles. The average Bonchev–Trinajstić information content (AvgIpc) is 3.47. The molecular formula is C25H16N3O3PtS-3. The minimum Gasteiger partial charge on any atom is -0.509 e. The van der Waals surface area contributed by atoms with Crippen LogP contribution in [0.1, 0.15) is 0 Å². The summed E-state index contributed by atoms with van der Waals surface area (Å²) in [6.45, 7) is 1.98. The Kier molecular flexibility index (Phi) is 5.83. The van der Waals surface area contributed by atoms with Crippen molar-refractivity contribution in [1.29, 1.82) is 0 Å². The third kappa shape index (κ3) is 4.10. The number of rotatable bonds is 5. The number of hydrogen-bond acceptors (Lipinski definition) is 7. The summed E-state index contributed by atoms with van der Waals surface area (Å²) in [6, 6.07) is 25.1. The van der Waals surface area contributed by atoms with Crippen molar-refractivity contribution in [1.82, 2.24) is 4.98 Å². The van der Waals surface area contributed by atoms with Gasteiger partial charge in [0.2, 0.25) is 5.88 Å². The van der Waals surface area contributed by atoms with Crippen LogP contribution >= 0.6 is 11.3 Å². The Morgan fingerprint density at radius 3 is 2.55 bits per heavy atom. The molecule has 0 atom stereocenters. The van der Waals surface area contributed by atoms with E-state index >= 15 is 0 Å². The monoisotopic (exact) mass is 633 g/mol. The average molecular weight is 634 g/mol. The summed E-state index contributed by atoms with van der Waals surface area (Å²) in [5.74, 6) is 2.88. The van der Waals surface area contributed by atoms with E-state index in [1.54, 1.807) is 29.7 Å². The second-order valence-electron chi connectivity index (χ2n) is 7.12. The molecule has 0 saturated carbocycles. The maximum Gasteiger partial charge on any atom is 0.216 e. The molecule has 2 aromatic carbocycles. The summed E-state index contributed by atoms with van der Waals surface area (Å²) in [6.07, 6.45) is 1.68. The van der Waals surface area contributed by atoms with E-state index in [9.17, 15) is 0 Å². The molecule has 33 heavy (non-hydrogen) atoms. The minimum absolute atomic E-state index is 0. The largest absolute Gasteiger partial charge is 0.509 e. The van der Waals surface area contributed by atoms with Crippen molar-refractivity contribution in [2.24, 2.45) is 0 Å². The van der Waals surface area contributed by atoms with Gasteiger partial charge in [0, 0.05) is 50.6 Å². The molecule has 1 aliphatic rings. The van der Waals surface area contributed by atoms with Crippen molar-refractivity contribution in [2.75, 3.05) is 16.8 Å². The normalized spacial score (nSPS) is 12.5. The number of furan rings is 1. The zero-order chi connectivity index (χ0) is 21.5. The second kappa shape index (κ2) is 8.93. The number of aromatic nitrogens is 1. The summed E-state index contributed by atoms with van der Waals surface area (Å²) in [5.41, 5.74) is 2.76. The van der Waals surface area contributed by atoms with Gasteiger partial charge in [-0.25, -0.2) is 4.98 Å². The van der Waals surface area contributed by atoms with Crippen LogP contribution in [0.4, 0.5) is 17.3 Å². The standard InChI is InChI=1S/C25H16N3O3S.Pt/c1-27-16-28(25-23(27)24-21(31-25)11-13-32-24)17-6-4-7-18(14-17)29-19-8-5-9-20(15-19)30-22-10-2-3-12-26-22;/h2-13,16H,1H3;/q-3;. The first-order chi connectivity index (χ1) is 15.7. The van der Waals surface area contributed by atoms with Gasteiger partial charge in [-0.2, -0.15) is 12.1 Å². The maximum atomic E-state index is 6.09. The topological polar surface area (TPSA) is 51.0 Å². The Hall–Kier alpha value is -3.28. The van der Waals surface area contributed by atoms with Crippen molar-refractivity contribution in [2.45, 2.75) is 0 Å². The number of benzene rings is 2. The van der Waals surface area contributed by atoms with Crippen molar-refractivity contribution in [3.05, 3.63) is 91.0 Å². The summed E-state index contributed by atoms with van der Waals surface area (Å²) in [5, 5.41) is 2.04. The van der Waals surface area contributed by atoms with Gasteiger partial charge in [-0.3, -0.25) is 0 Å². The van der Waals surface area contributed by atoms with E-state index in [1.165, 1.54) is 0 Å². The smallest absolute Gasteiger partial charge is 0.216 e. The van der Waals surface area contributed by atoms with Crippen LogP contribution in [0.25, 0.3) is 10.3 Å². The summed E-state index contributed by atoms with van der Waals surface area (Å²) in [7, 11) is 2.01. The molecule has 6 nitrogen and oxygen atoms in total. The van der Waals surface area contributed by atoms with Gasteiger partial charge in [0.25, 0.3) is 0 Å². The fourth-order valence-electron chi connectivity index (χ4n) is 3.55. The number of ether oxygens (including phenoxy) is 2. The first-order valence-corrected chi connectivity index (χ1v) is 10.8. The van der Waals surface area contributed by atoms with Gasteiger partial charge >= 0.3 is 0 Å². The van der Waals surface area contributed by atoms with Gasteiger partial charge in [0.05, 0.1) is 10.4 Å². The number of hydrogen-bond donors (Lipinski definition) is 0. The maximum absolute atomic E-state index is 6.09. The third-order valence-corrected chi connectivity index (χ3v) is 5.84. The number of nitrogens with zero attached hydrogens (tertiary/aromatic N) is 3. The third-order valence-electron chi connectivity index (χ3n) is 4.94. The Morgan fingerprint density at radius 2 is 1.73 bits per heavy atom. The molecule has 0 radical (unpaired) electrons. The van der Waals surface area contributed by atoms with E-state index in [-0.39, 0.29) is 21.1 Å². The Bertz CT molecular complexity index is 1400. The van der Waals surface area contributed by atoms with Crippen LogP contribution in [0.3, 0.4) is 0 Å². The minimum atomic E-state index is 0. The first-order valence-electron chi connectivity index (χ1n) is 9.93. The molecule has 0 bridgehead atoms. The molecule has 0 spiro atoms.